The van der Waals surface area contributed by atoms with Crippen LogP contribution < -0.4 is 5.73 Å². The first kappa shape index (κ1) is 21.0. The molecule has 19 heavy (non-hydrogen) atoms. The molecule has 0 rings (SSSR count). The third-order valence-corrected chi connectivity index (χ3v) is 2.49. The monoisotopic (exact) mass is 328 g/mol. The second-order valence-electron chi connectivity index (χ2n) is 3.32. The van der Waals surface area contributed by atoms with Crippen LogP contribution in [-0.2, 0) is 0 Å². The van der Waals surface area contributed by atoms with E-state index in [1.54, 1.807) is 0 Å². The van der Waals surface area contributed by atoms with Gasteiger partial charge < -0.3 is 21.1 Å². The maximum absolute atomic E-state index is 11.2. The van der Waals surface area contributed by atoms with E-state index in [4.69, 9.17) is 21.1 Å². The summed E-state index contributed by atoms with van der Waals surface area (Å²) in [5.41, 5.74) is -2.58. The molecule has 0 saturated carbocycles. The largest absolute Gasteiger partial charge is 0.648 e. The molecule has 5 N–H and O–H groups in total. The molecule has 0 radical (unpaired) electrons. The lowest BCUT2D eigenvalue weighted by atomic mass is 10.1. The molecular formula is C6H11F8NO3P+. The Hall–Kier alpha value is -0.290. The smallest absolute Gasteiger partial charge is 0.394 e. The van der Waals surface area contributed by atoms with Gasteiger partial charge in [0, 0.05) is 12.6 Å². The van der Waals surface area contributed by atoms with E-state index in [2.05, 4.69) is 0 Å². The second kappa shape index (κ2) is 6.93. The summed E-state index contributed by atoms with van der Waals surface area (Å²) in [6.07, 6.45) is -6.53. The fourth-order valence-corrected chi connectivity index (χ4v) is 0.581. The van der Waals surface area contributed by atoms with E-state index in [9.17, 15) is 34.5 Å². The van der Waals surface area contributed by atoms with Gasteiger partial charge in [0.2, 0.25) is 0 Å². The zero-order valence-electron chi connectivity index (χ0n) is 9.01. The van der Waals surface area contributed by atoms with Gasteiger partial charge in [-0.05, 0) is 0 Å². The highest BCUT2D eigenvalue weighted by Crippen LogP contribution is 2.78. The van der Waals surface area contributed by atoms with Crippen LogP contribution in [0.1, 0.15) is 0 Å². The minimum absolute atomic E-state index is 0.403. The molecule has 4 nitrogen and oxygen atoms in total. The van der Waals surface area contributed by atoms with Gasteiger partial charge in [0.25, 0.3) is 0 Å². The van der Waals surface area contributed by atoms with Gasteiger partial charge in [-0.3, -0.25) is 0 Å². The van der Waals surface area contributed by atoms with Crippen molar-refractivity contribution in [2.24, 2.45) is 5.73 Å². The first-order chi connectivity index (χ1) is 8.18. The third-order valence-electron chi connectivity index (χ3n) is 1.60. The lowest BCUT2D eigenvalue weighted by molar-refractivity contribution is -0.247. The molecule has 0 aliphatic rings. The number of rotatable bonds is 4. The van der Waals surface area contributed by atoms with Crippen molar-refractivity contribution < 1.29 is 49.9 Å². The maximum Gasteiger partial charge on any atom is 0.648 e. The summed E-state index contributed by atoms with van der Waals surface area (Å²) in [5.74, 6) is 0. The highest BCUT2D eigenvalue weighted by atomic mass is 31.3. The van der Waals surface area contributed by atoms with Crippen LogP contribution in [0.25, 0.3) is 0 Å². The van der Waals surface area contributed by atoms with E-state index < -0.39 is 45.4 Å². The first-order valence-electron chi connectivity index (χ1n) is 4.22. The number of alkyl halides is 5. The van der Waals surface area contributed by atoms with Gasteiger partial charge in [-0.1, -0.05) is 0 Å². The number of aliphatic hydroxyl groups excluding tert-OH is 3. The number of hydrogen-bond acceptors (Lipinski definition) is 4. The molecule has 0 spiro atoms. The van der Waals surface area contributed by atoms with Crippen molar-refractivity contribution in [1.29, 1.82) is 0 Å². The highest BCUT2D eigenvalue weighted by molar-refractivity contribution is 7.61. The minimum atomic E-state index is -7.70. The standard InChI is InChI=1S/C4H11NO3.C2F8P/c5-4(1-6,2-7)3-8;3-1(4,5)2(6,7)11(8,9)10/h6-8H,1-3,5H2;/q;+1. The summed E-state index contributed by atoms with van der Waals surface area (Å²) in [5, 5.41) is 25.0. The predicted octanol–water partition coefficient (Wildman–Crippen LogP) is 1.47. The Balaban J connectivity index is 0. The van der Waals surface area contributed by atoms with Gasteiger partial charge in [-0.25, -0.2) is 0 Å². The molecule has 0 aliphatic heterocycles. The molecule has 0 atom stereocenters. The average molecular weight is 328 g/mol. The van der Waals surface area contributed by atoms with Crippen LogP contribution in [-0.4, -0.2) is 52.5 Å². The van der Waals surface area contributed by atoms with Crippen molar-refractivity contribution in [3.63, 3.8) is 0 Å². The van der Waals surface area contributed by atoms with Crippen molar-refractivity contribution in [3.05, 3.63) is 0 Å². The van der Waals surface area contributed by atoms with Crippen LogP contribution in [0.15, 0.2) is 0 Å². The van der Waals surface area contributed by atoms with Gasteiger partial charge in [0.15, 0.2) is 0 Å². The molecule has 0 fully saturated rings. The number of hydrogen-bond donors (Lipinski definition) is 4. The molecule has 0 aromatic rings. The Morgan fingerprint density at radius 1 is 0.789 bits per heavy atom. The number of aliphatic hydroxyl groups is 3. The van der Waals surface area contributed by atoms with Crippen LogP contribution in [0, 0.1) is 0 Å². The van der Waals surface area contributed by atoms with Gasteiger partial charge in [-0.15, -0.1) is 8.78 Å². The SMILES string of the molecule is FC(F)(F)C(F)(F)[P+](F)(F)F.NC(CO)(CO)CO. The molecule has 0 aliphatic carbocycles. The van der Waals surface area contributed by atoms with Crippen LogP contribution in [0.5, 0.6) is 0 Å². The average Bonchev–Trinajstić information content (AvgIpc) is 2.26. The van der Waals surface area contributed by atoms with Crippen molar-refractivity contribution in [3.8, 4) is 0 Å². The topological polar surface area (TPSA) is 86.7 Å². The lowest BCUT2D eigenvalue weighted by Crippen LogP contribution is -2.50. The molecule has 0 aromatic heterocycles. The fraction of sp³-hybridized carbons (Fsp3) is 1.00. The van der Waals surface area contributed by atoms with E-state index in [0.717, 1.165) is 0 Å². The molecule has 0 amide bonds. The maximum atomic E-state index is 11.2. The molecule has 0 saturated heterocycles. The van der Waals surface area contributed by atoms with Crippen molar-refractivity contribution in [1.82, 2.24) is 0 Å². The predicted molar refractivity (Wildman–Crippen MR) is 49.4 cm³/mol. The third kappa shape index (κ3) is 6.13. The summed E-state index contributed by atoms with van der Waals surface area (Å²) < 4.78 is 88.0. The van der Waals surface area contributed by atoms with E-state index in [-0.39, 0.29) is 0 Å². The van der Waals surface area contributed by atoms with E-state index in [1.165, 1.54) is 0 Å². The molecule has 0 bridgehead atoms. The molecule has 0 unspecified atom stereocenters. The molecular weight excluding hydrogens is 317 g/mol. The Morgan fingerprint density at radius 2 is 1.05 bits per heavy atom. The second-order valence-corrected chi connectivity index (χ2v) is 4.77. The number of halogens is 8. The van der Waals surface area contributed by atoms with Crippen LogP contribution >= 0.6 is 8.19 Å². The van der Waals surface area contributed by atoms with E-state index >= 15 is 0 Å². The fourth-order valence-electron chi connectivity index (χ4n) is 0.294. The van der Waals surface area contributed by atoms with Crippen LogP contribution in [0.4, 0.5) is 34.5 Å². The Labute approximate surface area is 102 Å². The van der Waals surface area contributed by atoms with Crippen LogP contribution in [0.3, 0.4) is 0 Å². The summed E-state index contributed by atoms with van der Waals surface area (Å²) >= 11 is 0. The zero-order valence-corrected chi connectivity index (χ0v) is 9.91. The van der Waals surface area contributed by atoms with Gasteiger partial charge in [0.1, 0.15) is 0 Å². The Kier molecular flexibility index (Phi) is 7.67. The summed E-state index contributed by atoms with van der Waals surface area (Å²) in [6.45, 7) is -1.21. The molecule has 0 heterocycles. The van der Waals surface area contributed by atoms with E-state index in [0.29, 0.717) is 0 Å². The van der Waals surface area contributed by atoms with Gasteiger partial charge in [0.05, 0.1) is 25.4 Å². The van der Waals surface area contributed by atoms with Crippen molar-refractivity contribution in [2.45, 2.75) is 17.4 Å². The summed E-state index contributed by atoms with van der Waals surface area (Å²) in [6, 6.07) is 0. The quantitative estimate of drug-likeness (QED) is 0.465. The Morgan fingerprint density at radius 3 is 1.05 bits per heavy atom. The van der Waals surface area contributed by atoms with Crippen molar-refractivity contribution >= 4 is 8.19 Å². The van der Waals surface area contributed by atoms with E-state index in [1.807, 2.05) is 0 Å². The van der Waals surface area contributed by atoms with Crippen LogP contribution in [0.2, 0.25) is 0 Å². The van der Waals surface area contributed by atoms with Gasteiger partial charge >= 0.3 is 20.0 Å². The summed E-state index contributed by atoms with van der Waals surface area (Å²) in [4.78, 5) is 0. The highest BCUT2D eigenvalue weighted by Gasteiger charge is 2.85. The minimum Gasteiger partial charge on any atom is -0.394 e. The normalized spacial score (nSPS) is 13.9. The van der Waals surface area contributed by atoms with Gasteiger partial charge in [-0.2, -0.15) is 13.2 Å². The Bertz CT molecular complexity index is 240. The first-order valence-corrected chi connectivity index (χ1v) is 5.69. The zero-order chi connectivity index (χ0) is 16.1. The van der Waals surface area contributed by atoms with Crippen molar-refractivity contribution in [2.75, 3.05) is 19.8 Å². The molecule has 118 valence electrons. The summed E-state index contributed by atoms with van der Waals surface area (Å²) in [7, 11) is -7.70. The number of nitrogens with two attached hydrogens (primary N) is 1. The lowest BCUT2D eigenvalue weighted by Gasteiger charge is -2.20. The molecule has 13 heteroatoms. The molecule has 0 aromatic carbocycles.